The average Bonchev–Trinajstić information content (AvgIpc) is 3.35. The Kier molecular flexibility index (Phi) is 8.15. The maximum atomic E-state index is 13.0. The molecule has 10 heteroatoms. The Hall–Kier alpha value is -4.05. The third-order valence-electron chi connectivity index (χ3n) is 6.83. The number of anilines is 1. The number of carbonyl (C=O) groups is 2. The number of hydrogen-bond acceptors (Lipinski definition) is 4. The number of alkyl halides is 3. The Bertz CT molecular complexity index is 1400. The minimum Gasteiger partial charge on any atom is -0.406 e. The zero-order chi connectivity index (χ0) is 28.3. The van der Waals surface area contributed by atoms with Gasteiger partial charge >= 0.3 is 6.36 Å². The SMILES string of the molecule is CCN(CC)CCNC(=O)c1c(C)[nH]c(C=C2C(=O)Nc3cccc(-c4ccc(OC(F)(F)F)cc4)c32)c1C. The summed E-state index contributed by atoms with van der Waals surface area (Å²) in [6, 6.07) is 10.8. The molecule has 1 aromatic heterocycles. The van der Waals surface area contributed by atoms with Gasteiger partial charge in [0.15, 0.2) is 0 Å². The van der Waals surface area contributed by atoms with Crippen LogP contribution in [0.2, 0.25) is 0 Å². The van der Waals surface area contributed by atoms with Gasteiger partial charge in [-0.15, -0.1) is 13.2 Å². The van der Waals surface area contributed by atoms with Gasteiger partial charge in [0.1, 0.15) is 5.75 Å². The fourth-order valence-electron chi connectivity index (χ4n) is 4.82. The molecule has 0 saturated heterocycles. The van der Waals surface area contributed by atoms with Crippen molar-refractivity contribution in [1.82, 2.24) is 15.2 Å². The summed E-state index contributed by atoms with van der Waals surface area (Å²) in [6.07, 6.45) is -3.07. The van der Waals surface area contributed by atoms with E-state index in [4.69, 9.17) is 0 Å². The summed E-state index contributed by atoms with van der Waals surface area (Å²) in [7, 11) is 0. The highest BCUT2D eigenvalue weighted by Crippen LogP contribution is 2.41. The number of ether oxygens (including phenoxy) is 1. The molecule has 39 heavy (non-hydrogen) atoms. The van der Waals surface area contributed by atoms with Gasteiger partial charge in [-0.2, -0.15) is 0 Å². The zero-order valence-electron chi connectivity index (χ0n) is 22.3. The van der Waals surface area contributed by atoms with Crippen LogP contribution in [0.1, 0.15) is 46.7 Å². The summed E-state index contributed by atoms with van der Waals surface area (Å²) in [6.45, 7) is 10.9. The number of aromatic nitrogens is 1. The molecule has 0 radical (unpaired) electrons. The van der Waals surface area contributed by atoms with E-state index in [-0.39, 0.29) is 17.6 Å². The first-order chi connectivity index (χ1) is 18.5. The van der Waals surface area contributed by atoms with Crippen molar-refractivity contribution in [2.75, 3.05) is 31.5 Å². The van der Waals surface area contributed by atoms with Gasteiger partial charge in [0.05, 0.1) is 11.1 Å². The number of aryl methyl sites for hydroxylation is 1. The van der Waals surface area contributed by atoms with E-state index in [1.807, 2.05) is 13.8 Å². The molecular formula is C29H31F3N4O3. The van der Waals surface area contributed by atoms with E-state index in [0.29, 0.717) is 57.0 Å². The van der Waals surface area contributed by atoms with E-state index in [0.717, 1.165) is 19.6 Å². The van der Waals surface area contributed by atoms with Crippen LogP contribution >= 0.6 is 0 Å². The van der Waals surface area contributed by atoms with Crippen molar-refractivity contribution in [3.8, 4) is 16.9 Å². The summed E-state index contributed by atoms with van der Waals surface area (Å²) in [5, 5.41) is 5.83. The normalized spacial score (nSPS) is 14.1. The topological polar surface area (TPSA) is 86.5 Å². The van der Waals surface area contributed by atoms with Crippen LogP contribution in [-0.2, 0) is 4.79 Å². The molecule has 0 spiro atoms. The number of benzene rings is 2. The number of amides is 2. The second-order valence-corrected chi connectivity index (χ2v) is 9.26. The van der Waals surface area contributed by atoms with Crippen molar-refractivity contribution in [2.45, 2.75) is 34.1 Å². The first-order valence-corrected chi connectivity index (χ1v) is 12.7. The van der Waals surface area contributed by atoms with Gasteiger partial charge < -0.3 is 25.3 Å². The quantitative estimate of drug-likeness (QED) is 0.301. The van der Waals surface area contributed by atoms with Crippen molar-refractivity contribution < 1.29 is 27.5 Å². The number of nitrogens with one attached hydrogen (secondary N) is 3. The third-order valence-corrected chi connectivity index (χ3v) is 6.83. The van der Waals surface area contributed by atoms with E-state index in [1.54, 1.807) is 24.3 Å². The number of H-pyrrole nitrogens is 1. The van der Waals surface area contributed by atoms with Crippen LogP contribution in [0, 0.1) is 13.8 Å². The Morgan fingerprint density at radius 2 is 1.77 bits per heavy atom. The molecule has 3 aromatic rings. The first kappa shape index (κ1) is 28.0. The predicted molar refractivity (Wildman–Crippen MR) is 145 cm³/mol. The van der Waals surface area contributed by atoms with Gasteiger partial charge in [-0.3, -0.25) is 9.59 Å². The maximum absolute atomic E-state index is 13.0. The molecule has 2 heterocycles. The number of halogens is 3. The van der Waals surface area contributed by atoms with Crippen LogP contribution in [0.3, 0.4) is 0 Å². The molecule has 1 aliphatic heterocycles. The summed E-state index contributed by atoms with van der Waals surface area (Å²) in [5.41, 5.74) is 5.46. The number of likely N-dealkylation sites (N-methyl/N-ethyl adjacent to an activating group) is 1. The number of aromatic amines is 1. The Labute approximate surface area is 225 Å². The minimum absolute atomic E-state index is 0.184. The zero-order valence-corrected chi connectivity index (χ0v) is 22.3. The molecule has 2 aromatic carbocycles. The average molecular weight is 541 g/mol. The fourth-order valence-corrected chi connectivity index (χ4v) is 4.82. The largest absolute Gasteiger partial charge is 0.573 e. The van der Waals surface area contributed by atoms with Crippen LogP contribution in [0.15, 0.2) is 42.5 Å². The molecule has 0 atom stereocenters. The number of nitrogens with zero attached hydrogens (tertiary/aromatic N) is 1. The van der Waals surface area contributed by atoms with Gasteiger partial charge in [-0.1, -0.05) is 38.1 Å². The lowest BCUT2D eigenvalue weighted by Gasteiger charge is -2.18. The van der Waals surface area contributed by atoms with Crippen molar-refractivity contribution in [1.29, 1.82) is 0 Å². The van der Waals surface area contributed by atoms with Crippen LogP contribution in [0.4, 0.5) is 18.9 Å². The molecule has 206 valence electrons. The number of rotatable bonds is 9. The monoisotopic (exact) mass is 540 g/mol. The molecule has 0 fully saturated rings. The van der Waals surface area contributed by atoms with Crippen LogP contribution < -0.4 is 15.4 Å². The van der Waals surface area contributed by atoms with Gasteiger partial charge in [0, 0.05) is 35.7 Å². The summed E-state index contributed by atoms with van der Waals surface area (Å²) in [4.78, 5) is 31.4. The van der Waals surface area contributed by atoms with Crippen LogP contribution in [-0.4, -0.2) is 54.2 Å². The van der Waals surface area contributed by atoms with Gasteiger partial charge in [0.2, 0.25) is 0 Å². The first-order valence-electron chi connectivity index (χ1n) is 12.7. The number of hydrogen-bond donors (Lipinski definition) is 3. The Morgan fingerprint density at radius 1 is 1.08 bits per heavy atom. The summed E-state index contributed by atoms with van der Waals surface area (Å²) in [5.74, 6) is -0.827. The predicted octanol–water partition coefficient (Wildman–Crippen LogP) is 5.76. The van der Waals surface area contributed by atoms with E-state index in [1.165, 1.54) is 24.3 Å². The smallest absolute Gasteiger partial charge is 0.406 e. The molecule has 0 aliphatic carbocycles. The lowest BCUT2D eigenvalue weighted by Crippen LogP contribution is -2.35. The Morgan fingerprint density at radius 3 is 2.41 bits per heavy atom. The third kappa shape index (κ3) is 6.17. The molecule has 7 nitrogen and oxygen atoms in total. The maximum Gasteiger partial charge on any atom is 0.573 e. The van der Waals surface area contributed by atoms with E-state index >= 15 is 0 Å². The number of carbonyl (C=O) groups excluding carboxylic acids is 2. The van der Waals surface area contributed by atoms with Crippen molar-refractivity contribution in [2.24, 2.45) is 0 Å². The van der Waals surface area contributed by atoms with Gasteiger partial charge in [-0.25, -0.2) is 0 Å². The summed E-state index contributed by atoms with van der Waals surface area (Å²) < 4.78 is 41.7. The molecule has 3 N–H and O–H groups in total. The highest BCUT2D eigenvalue weighted by molar-refractivity contribution is 6.36. The van der Waals surface area contributed by atoms with Gasteiger partial charge in [-0.05, 0) is 67.9 Å². The second kappa shape index (κ2) is 11.4. The fraction of sp³-hybridized carbons (Fsp3) is 0.310. The minimum atomic E-state index is -4.78. The van der Waals surface area contributed by atoms with Gasteiger partial charge in [0.25, 0.3) is 11.8 Å². The summed E-state index contributed by atoms with van der Waals surface area (Å²) >= 11 is 0. The van der Waals surface area contributed by atoms with E-state index in [9.17, 15) is 22.8 Å². The standard InChI is InChI=1S/C29H31F3N4O3/c1-5-36(6-2)15-14-33-28(38)25-17(3)24(34-18(25)4)16-22-26-21(8-7-9-23(26)35-27(22)37)19-10-12-20(13-11-19)39-29(30,31)32/h7-13,16,34H,5-6,14-15H2,1-4H3,(H,33,38)(H,35,37). The molecule has 4 rings (SSSR count). The molecule has 0 unspecified atom stereocenters. The van der Waals surface area contributed by atoms with Crippen molar-refractivity contribution >= 4 is 29.2 Å². The second-order valence-electron chi connectivity index (χ2n) is 9.26. The van der Waals surface area contributed by atoms with E-state index < -0.39 is 6.36 Å². The van der Waals surface area contributed by atoms with E-state index in [2.05, 4.69) is 39.1 Å². The highest BCUT2D eigenvalue weighted by Gasteiger charge is 2.31. The lowest BCUT2D eigenvalue weighted by atomic mass is 9.94. The van der Waals surface area contributed by atoms with Crippen LogP contribution in [0.5, 0.6) is 5.75 Å². The molecular weight excluding hydrogens is 509 g/mol. The number of fused-ring (bicyclic) bond motifs is 1. The highest BCUT2D eigenvalue weighted by atomic mass is 19.4. The Balaban J connectivity index is 1.64. The van der Waals surface area contributed by atoms with Crippen LogP contribution in [0.25, 0.3) is 22.8 Å². The van der Waals surface area contributed by atoms with Crippen molar-refractivity contribution in [3.63, 3.8) is 0 Å². The lowest BCUT2D eigenvalue weighted by molar-refractivity contribution is -0.274. The molecule has 0 saturated carbocycles. The van der Waals surface area contributed by atoms with Crippen molar-refractivity contribution in [3.05, 3.63) is 70.5 Å². The molecule has 1 aliphatic rings. The molecule has 2 amide bonds. The molecule has 0 bridgehead atoms.